The van der Waals surface area contributed by atoms with Crippen LogP contribution in [0.25, 0.3) is 0 Å². The lowest BCUT2D eigenvalue weighted by Gasteiger charge is -1.81. The molecule has 2 amide bonds. The fourth-order valence-electron chi connectivity index (χ4n) is 0.746. The Kier molecular flexibility index (Phi) is 3.88. The fraction of sp³-hybridized carbons (Fsp3) is 0.800. The summed E-state index contributed by atoms with van der Waals surface area (Å²) in [4.78, 5) is 9.00. The second-order valence-electron chi connectivity index (χ2n) is 2.26. The van der Waals surface area contributed by atoms with E-state index in [-0.39, 0.29) is 0 Å². The molecule has 1 saturated heterocycles. The van der Waals surface area contributed by atoms with E-state index in [1.807, 2.05) is 0 Å². The van der Waals surface area contributed by atoms with Crippen molar-refractivity contribution in [2.24, 2.45) is 11.5 Å². The van der Waals surface area contributed by atoms with Crippen LogP contribution in [0.5, 0.6) is 0 Å². The predicted octanol–water partition coefficient (Wildman–Crippen LogP) is -0.781. The quantitative estimate of drug-likeness (QED) is 0.511. The van der Waals surface area contributed by atoms with Gasteiger partial charge in [-0.1, -0.05) is 0 Å². The van der Waals surface area contributed by atoms with E-state index < -0.39 is 15.9 Å². The summed E-state index contributed by atoms with van der Waals surface area (Å²) < 4.78 is 20.9. The predicted molar refractivity (Wildman–Crippen MR) is 41.7 cm³/mol. The van der Waals surface area contributed by atoms with E-state index in [0.717, 1.165) is 12.8 Å². The molecule has 1 rings (SSSR count). The molecule has 11 heavy (non-hydrogen) atoms. The Labute approximate surface area is 65.7 Å². The lowest BCUT2D eigenvalue weighted by Crippen LogP contribution is -2.18. The highest BCUT2D eigenvalue weighted by molar-refractivity contribution is 7.91. The highest BCUT2D eigenvalue weighted by Crippen LogP contribution is 2.08. The lowest BCUT2D eigenvalue weighted by molar-refractivity contribution is 0.256. The molecule has 1 aliphatic rings. The van der Waals surface area contributed by atoms with Gasteiger partial charge < -0.3 is 11.5 Å². The van der Waals surface area contributed by atoms with Gasteiger partial charge in [0.15, 0.2) is 0 Å². The first-order valence-corrected chi connectivity index (χ1v) is 5.01. The van der Waals surface area contributed by atoms with Crippen LogP contribution in [0.2, 0.25) is 0 Å². The number of urea groups is 1. The smallest absolute Gasteiger partial charge is 0.309 e. The molecular weight excluding hydrogens is 168 g/mol. The molecule has 0 aliphatic carbocycles. The molecular formula is C5H12N2O3S. The first-order chi connectivity index (χ1) is 4.94. The van der Waals surface area contributed by atoms with E-state index in [2.05, 4.69) is 11.5 Å². The Morgan fingerprint density at radius 1 is 1.09 bits per heavy atom. The maximum absolute atomic E-state index is 10.4. The van der Waals surface area contributed by atoms with Crippen LogP contribution in [0, 0.1) is 0 Å². The van der Waals surface area contributed by atoms with Crippen LogP contribution in [-0.4, -0.2) is 26.0 Å². The second-order valence-corrected chi connectivity index (χ2v) is 4.56. The van der Waals surface area contributed by atoms with Crippen molar-refractivity contribution >= 4 is 15.9 Å². The van der Waals surface area contributed by atoms with E-state index >= 15 is 0 Å². The topological polar surface area (TPSA) is 103 Å². The van der Waals surface area contributed by atoms with Crippen molar-refractivity contribution in [3.63, 3.8) is 0 Å². The molecule has 1 fully saturated rings. The number of sulfone groups is 1. The van der Waals surface area contributed by atoms with Gasteiger partial charge in [0.1, 0.15) is 9.84 Å². The molecule has 1 aliphatic heterocycles. The first kappa shape index (κ1) is 10.2. The van der Waals surface area contributed by atoms with Crippen LogP contribution in [0.3, 0.4) is 0 Å². The van der Waals surface area contributed by atoms with Crippen LogP contribution in [0.1, 0.15) is 12.8 Å². The largest absolute Gasteiger partial charge is 0.352 e. The van der Waals surface area contributed by atoms with Gasteiger partial charge in [0, 0.05) is 0 Å². The average Bonchev–Trinajstić information content (AvgIpc) is 2.11. The number of carbonyl (C=O) groups is 1. The summed E-state index contributed by atoms with van der Waals surface area (Å²) in [7, 11) is -2.55. The monoisotopic (exact) mass is 180 g/mol. The molecule has 0 radical (unpaired) electrons. The van der Waals surface area contributed by atoms with Crippen molar-refractivity contribution in [3.8, 4) is 0 Å². The summed E-state index contributed by atoms with van der Waals surface area (Å²) in [5, 5.41) is 0. The molecule has 4 N–H and O–H groups in total. The molecule has 5 nitrogen and oxygen atoms in total. The maximum atomic E-state index is 10.4. The van der Waals surface area contributed by atoms with Gasteiger partial charge in [-0.05, 0) is 12.8 Å². The fourth-order valence-corrected chi connectivity index (χ4v) is 2.24. The molecule has 0 atom stereocenters. The number of amides is 2. The molecule has 0 aromatic rings. The van der Waals surface area contributed by atoms with Gasteiger partial charge in [0.05, 0.1) is 11.5 Å². The third-order valence-corrected chi connectivity index (χ3v) is 2.98. The number of hydrogen-bond acceptors (Lipinski definition) is 3. The molecule has 6 heteroatoms. The van der Waals surface area contributed by atoms with Crippen molar-refractivity contribution in [1.29, 1.82) is 0 Å². The summed E-state index contributed by atoms with van der Waals surface area (Å²) in [5.74, 6) is 0.847. The summed E-state index contributed by atoms with van der Waals surface area (Å²) in [6.07, 6.45) is 1.75. The van der Waals surface area contributed by atoms with E-state index in [1.54, 1.807) is 0 Å². The van der Waals surface area contributed by atoms with Crippen molar-refractivity contribution in [2.75, 3.05) is 11.5 Å². The van der Waals surface area contributed by atoms with Crippen LogP contribution in [0.4, 0.5) is 4.79 Å². The Balaban J connectivity index is 0.000000218. The van der Waals surface area contributed by atoms with Crippen LogP contribution in [0.15, 0.2) is 0 Å². The zero-order chi connectivity index (χ0) is 8.91. The van der Waals surface area contributed by atoms with Gasteiger partial charge in [0.2, 0.25) is 0 Å². The Hall–Kier alpha value is -0.780. The molecule has 0 aromatic heterocycles. The highest BCUT2D eigenvalue weighted by Gasteiger charge is 2.16. The van der Waals surface area contributed by atoms with Gasteiger partial charge in [-0.15, -0.1) is 0 Å². The highest BCUT2D eigenvalue weighted by atomic mass is 32.2. The third kappa shape index (κ3) is 7.11. The summed E-state index contributed by atoms with van der Waals surface area (Å²) in [6, 6.07) is -0.833. The van der Waals surface area contributed by atoms with E-state index in [1.165, 1.54) is 0 Å². The summed E-state index contributed by atoms with van der Waals surface area (Å²) >= 11 is 0. The zero-order valence-corrected chi connectivity index (χ0v) is 6.93. The molecule has 66 valence electrons. The van der Waals surface area contributed by atoms with Gasteiger partial charge in [0.25, 0.3) is 0 Å². The maximum Gasteiger partial charge on any atom is 0.309 e. The number of rotatable bonds is 0. The Bertz CT molecular complexity index is 206. The number of hydrogen-bond donors (Lipinski definition) is 2. The standard InChI is InChI=1S/C4H8O2S.CH4N2O/c5-7(6)3-1-2-4-7;2-1(3)4/h1-4H2;(H4,2,3,4). The van der Waals surface area contributed by atoms with Crippen molar-refractivity contribution < 1.29 is 13.2 Å². The van der Waals surface area contributed by atoms with Crippen molar-refractivity contribution in [1.82, 2.24) is 0 Å². The van der Waals surface area contributed by atoms with Crippen LogP contribution < -0.4 is 11.5 Å². The van der Waals surface area contributed by atoms with Crippen LogP contribution >= 0.6 is 0 Å². The molecule has 0 unspecified atom stereocenters. The third-order valence-electron chi connectivity index (χ3n) is 1.16. The lowest BCUT2D eigenvalue weighted by atomic mass is 10.4. The number of nitrogens with two attached hydrogens (primary N) is 2. The second kappa shape index (κ2) is 4.17. The van der Waals surface area contributed by atoms with Gasteiger partial charge in [-0.2, -0.15) is 0 Å². The van der Waals surface area contributed by atoms with Crippen molar-refractivity contribution in [3.05, 3.63) is 0 Å². The van der Waals surface area contributed by atoms with E-state index in [0.29, 0.717) is 11.5 Å². The number of primary amides is 2. The average molecular weight is 180 g/mol. The Morgan fingerprint density at radius 3 is 1.45 bits per heavy atom. The minimum Gasteiger partial charge on any atom is -0.352 e. The first-order valence-electron chi connectivity index (χ1n) is 3.19. The van der Waals surface area contributed by atoms with Gasteiger partial charge in [-0.3, -0.25) is 0 Å². The van der Waals surface area contributed by atoms with Crippen molar-refractivity contribution in [2.45, 2.75) is 12.8 Å². The van der Waals surface area contributed by atoms with E-state index in [4.69, 9.17) is 4.79 Å². The normalized spacial score (nSPS) is 20.0. The Morgan fingerprint density at radius 2 is 1.36 bits per heavy atom. The zero-order valence-electron chi connectivity index (χ0n) is 6.12. The van der Waals surface area contributed by atoms with E-state index in [9.17, 15) is 8.42 Å². The summed E-state index contributed by atoms with van der Waals surface area (Å²) in [6.45, 7) is 0. The SMILES string of the molecule is NC(N)=O.O=S1(=O)CCCC1. The minimum atomic E-state index is -2.55. The minimum absolute atomic E-state index is 0.424. The number of carbonyl (C=O) groups excluding carboxylic acids is 1. The molecule has 1 heterocycles. The van der Waals surface area contributed by atoms with Crippen LogP contribution in [-0.2, 0) is 9.84 Å². The summed E-state index contributed by atoms with van der Waals surface area (Å²) in [5.41, 5.74) is 8.50. The molecule has 0 spiro atoms. The van der Waals surface area contributed by atoms with Gasteiger partial charge >= 0.3 is 6.03 Å². The van der Waals surface area contributed by atoms with Gasteiger partial charge in [-0.25, -0.2) is 13.2 Å². The molecule has 0 aromatic carbocycles. The molecule has 0 bridgehead atoms. The molecule has 0 saturated carbocycles.